The highest BCUT2D eigenvalue weighted by molar-refractivity contribution is 5.99. The molecule has 3 saturated carbocycles. The molecule has 2 bridgehead atoms. The molecule has 8 nitrogen and oxygen atoms in total. The number of anilines is 1. The van der Waals surface area contributed by atoms with Gasteiger partial charge in [-0.05, 0) is 62.8 Å². The molecule has 3 aliphatic rings. The highest BCUT2D eigenvalue weighted by Gasteiger charge is 2.51. The van der Waals surface area contributed by atoms with E-state index in [4.69, 9.17) is 9.47 Å². The quantitative estimate of drug-likeness (QED) is 0.298. The van der Waals surface area contributed by atoms with Gasteiger partial charge in [0.05, 0.1) is 30.6 Å². The fraction of sp³-hybridized carbons (Fsp3) is 0.483. The maximum Gasteiger partial charge on any atom is 0.306 e. The number of benzene rings is 2. The van der Waals surface area contributed by atoms with E-state index in [1.165, 1.54) is 13.2 Å². The Labute approximate surface area is 233 Å². The minimum Gasteiger partial charge on any atom is -0.496 e. The molecular weight excluding hydrogens is 548 g/mol. The van der Waals surface area contributed by atoms with Gasteiger partial charge in [0.25, 0.3) is 5.91 Å². The van der Waals surface area contributed by atoms with Crippen LogP contribution in [0.5, 0.6) is 11.5 Å². The molecule has 5 rings (SSSR count). The standard InChI is InChI=1S/C29H30F4N2O6/c1-40-22-12-19(30)23(41-17-6-4-13(5-7-17)29(38)39)11-18(22)27(36)35-26-15-3-2-14(8-15)24(26)28(37)34-16-9-20(31)25(33)21(32)10-16/h9-15,17,24,26H,2-8H2,1H3,(H,34,37)(H,35,36)(H,38,39). The molecular formula is C29H30F4N2O6. The molecule has 0 aliphatic heterocycles. The van der Waals surface area contributed by atoms with Gasteiger partial charge in [0, 0.05) is 29.9 Å². The lowest BCUT2D eigenvalue weighted by molar-refractivity contribution is -0.143. The first kappa shape index (κ1) is 28.7. The second kappa shape index (κ2) is 11.6. The number of carbonyl (C=O) groups is 3. The number of ether oxygens (including phenoxy) is 2. The van der Waals surface area contributed by atoms with E-state index in [0.29, 0.717) is 44.2 Å². The molecule has 3 fully saturated rings. The number of carboxylic acid groups (broad SMARTS) is 1. The predicted molar refractivity (Wildman–Crippen MR) is 137 cm³/mol. The molecule has 12 heteroatoms. The van der Waals surface area contributed by atoms with Gasteiger partial charge in [-0.1, -0.05) is 0 Å². The summed E-state index contributed by atoms with van der Waals surface area (Å²) in [6, 6.07) is 3.04. The first-order chi connectivity index (χ1) is 19.5. The maximum atomic E-state index is 14.9. The first-order valence-electron chi connectivity index (χ1n) is 13.6. The molecule has 2 aromatic carbocycles. The number of amides is 2. The average molecular weight is 579 g/mol. The van der Waals surface area contributed by atoms with Crippen molar-refractivity contribution in [1.29, 1.82) is 0 Å². The Kier molecular flexibility index (Phi) is 8.10. The van der Waals surface area contributed by atoms with Crippen molar-refractivity contribution in [2.75, 3.05) is 12.4 Å². The molecule has 2 aromatic rings. The number of carbonyl (C=O) groups excluding carboxylic acids is 2. The second-order valence-corrected chi connectivity index (χ2v) is 11.0. The number of halogens is 4. The fourth-order valence-electron chi connectivity index (χ4n) is 6.54. The van der Waals surface area contributed by atoms with Crippen LogP contribution in [0.4, 0.5) is 23.2 Å². The van der Waals surface area contributed by atoms with Crippen LogP contribution in [0.2, 0.25) is 0 Å². The number of carboxylic acids is 1. The summed E-state index contributed by atoms with van der Waals surface area (Å²) < 4.78 is 66.7. The number of nitrogens with one attached hydrogen (secondary N) is 2. The number of hydrogen-bond donors (Lipinski definition) is 3. The number of rotatable bonds is 8. The van der Waals surface area contributed by atoms with E-state index >= 15 is 0 Å². The molecule has 3 N–H and O–H groups in total. The Morgan fingerprint density at radius 2 is 1.51 bits per heavy atom. The van der Waals surface area contributed by atoms with Crippen LogP contribution in [-0.4, -0.2) is 42.1 Å². The molecule has 0 aromatic heterocycles. The summed E-state index contributed by atoms with van der Waals surface area (Å²) >= 11 is 0. The van der Waals surface area contributed by atoms with E-state index in [-0.39, 0.29) is 34.6 Å². The second-order valence-electron chi connectivity index (χ2n) is 11.0. The van der Waals surface area contributed by atoms with E-state index in [9.17, 15) is 37.1 Å². The molecule has 0 saturated heterocycles. The van der Waals surface area contributed by atoms with Crippen LogP contribution in [-0.2, 0) is 9.59 Å². The van der Waals surface area contributed by atoms with Crippen molar-refractivity contribution in [1.82, 2.24) is 5.32 Å². The Hall–Kier alpha value is -3.83. The van der Waals surface area contributed by atoms with Gasteiger partial charge in [0.15, 0.2) is 29.0 Å². The average Bonchev–Trinajstić information content (AvgIpc) is 3.55. The minimum absolute atomic E-state index is 0.00673. The molecule has 0 heterocycles. The van der Waals surface area contributed by atoms with Crippen LogP contribution in [0.25, 0.3) is 0 Å². The summed E-state index contributed by atoms with van der Waals surface area (Å²) in [5.74, 6) is -8.77. The van der Waals surface area contributed by atoms with Gasteiger partial charge in [-0.15, -0.1) is 0 Å². The van der Waals surface area contributed by atoms with Crippen molar-refractivity contribution in [2.24, 2.45) is 23.7 Å². The lowest BCUT2D eigenvalue weighted by atomic mass is 9.83. The summed E-state index contributed by atoms with van der Waals surface area (Å²) in [7, 11) is 1.29. The smallest absolute Gasteiger partial charge is 0.306 e. The van der Waals surface area contributed by atoms with Crippen molar-refractivity contribution in [3.8, 4) is 11.5 Å². The minimum atomic E-state index is -1.64. The number of aliphatic carboxylic acids is 1. The van der Waals surface area contributed by atoms with Crippen molar-refractivity contribution >= 4 is 23.5 Å². The molecule has 0 spiro atoms. The number of methoxy groups -OCH3 is 1. The summed E-state index contributed by atoms with van der Waals surface area (Å²) in [4.78, 5) is 37.9. The van der Waals surface area contributed by atoms with Crippen LogP contribution in [0, 0.1) is 46.9 Å². The van der Waals surface area contributed by atoms with Crippen LogP contribution < -0.4 is 20.1 Å². The van der Waals surface area contributed by atoms with E-state index in [0.717, 1.165) is 18.9 Å². The number of fused-ring (bicyclic) bond motifs is 2. The predicted octanol–water partition coefficient (Wildman–Crippen LogP) is 5.06. The molecule has 0 radical (unpaired) electrons. The lowest BCUT2D eigenvalue weighted by Crippen LogP contribution is -2.48. The Morgan fingerprint density at radius 3 is 2.15 bits per heavy atom. The van der Waals surface area contributed by atoms with Gasteiger partial charge in [0.1, 0.15) is 5.75 Å². The maximum absolute atomic E-state index is 14.9. The Balaban J connectivity index is 1.32. The van der Waals surface area contributed by atoms with E-state index in [1.54, 1.807) is 0 Å². The van der Waals surface area contributed by atoms with Crippen LogP contribution in [0.1, 0.15) is 55.3 Å². The van der Waals surface area contributed by atoms with Crippen molar-refractivity contribution in [3.05, 3.63) is 53.1 Å². The molecule has 4 unspecified atom stereocenters. The normalized spacial score (nSPS) is 26.9. The summed E-state index contributed by atoms with van der Waals surface area (Å²) in [6.45, 7) is 0. The highest BCUT2D eigenvalue weighted by atomic mass is 19.2. The van der Waals surface area contributed by atoms with Gasteiger partial charge in [-0.3, -0.25) is 14.4 Å². The third-order valence-corrected chi connectivity index (χ3v) is 8.58. The summed E-state index contributed by atoms with van der Waals surface area (Å²) in [5.41, 5.74) is -0.244. The third-order valence-electron chi connectivity index (χ3n) is 8.58. The van der Waals surface area contributed by atoms with Gasteiger partial charge >= 0.3 is 5.97 Å². The van der Waals surface area contributed by atoms with E-state index < -0.39 is 65.0 Å². The summed E-state index contributed by atoms with van der Waals surface area (Å²) in [5, 5.41) is 14.5. The molecule has 220 valence electrons. The zero-order chi connectivity index (χ0) is 29.4. The zero-order valence-electron chi connectivity index (χ0n) is 22.2. The van der Waals surface area contributed by atoms with Crippen molar-refractivity contribution in [3.63, 3.8) is 0 Å². The molecule has 3 aliphatic carbocycles. The van der Waals surface area contributed by atoms with Crippen LogP contribution in [0.3, 0.4) is 0 Å². The highest BCUT2D eigenvalue weighted by Crippen LogP contribution is 2.49. The van der Waals surface area contributed by atoms with Crippen LogP contribution in [0.15, 0.2) is 24.3 Å². The van der Waals surface area contributed by atoms with E-state index in [1.807, 2.05) is 0 Å². The number of hydrogen-bond acceptors (Lipinski definition) is 5. The zero-order valence-corrected chi connectivity index (χ0v) is 22.2. The molecule has 41 heavy (non-hydrogen) atoms. The topological polar surface area (TPSA) is 114 Å². The van der Waals surface area contributed by atoms with Gasteiger partial charge in [-0.2, -0.15) is 0 Å². The largest absolute Gasteiger partial charge is 0.496 e. The summed E-state index contributed by atoms with van der Waals surface area (Å²) in [6.07, 6.45) is 3.41. The first-order valence-corrected chi connectivity index (χ1v) is 13.6. The van der Waals surface area contributed by atoms with Crippen molar-refractivity contribution in [2.45, 2.75) is 57.1 Å². The molecule has 4 atom stereocenters. The Bertz CT molecular complexity index is 1340. The SMILES string of the molecule is COc1cc(F)c(OC2CCC(C(=O)O)CC2)cc1C(=O)NC1C2CCC(C2)C1C(=O)Nc1cc(F)c(F)c(F)c1. The van der Waals surface area contributed by atoms with Crippen LogP contribution >= 0.6 is 0 Å². The molecule has 2 amide bonds. The van der Waals surface area contributed by atoms with E-state index in [2.05, 4.69) is 10.6 Å². The Morgan fingerprint density at radius 1 is 0.854 bits per heavy atom. The van der Waals surface area contributed by atoms with Gasteiger partial charge in [0.2, 0.25) is 5.91 Å². The lowest BCUT2D eigenvalue weighted by Gasteiger charge is -2.31. The third kappa shape index (κ3) is 5.82. The fourth-order valence-corrected chi connectivity index (χ4v) is 6.54. The van der Waals surface area contributed by atoms with Gasteiger partial charge in [-0.25, -0.2) is 17.6 Å². The monoisotopic (exact) mass is 578 g/mol. The van der Waals surface area contributed by atoms with Crippen molar-refractivity contribution < 1.29 is 46.5 Å². The van der Waals surface area contributed by atoms with Gasteiger partial charge < -0.3 is 25.2 Å².